The number of hydrogen-bond donors (Lipinski definition) is 0. The van der Waals surface area contributed by atoms with Crippen molar-refractivity contribution < 1.29 is 0 Å². The second kappa shape index (κ2) is 5.74. The number of thioether (sulfide) groups is 1. The molecule has 0 aliphatic carbocycles. The van der Waals surface area contributed by atoms with Gasteiger partial charge in [0.2, 0.25) is 0 Å². The van der Waals surface area contributed by atoms with E-state index >= 15 is 0 Å². The second-order valence-corrected chi connectivity index (χ2v) is 5.06. The van der Waals surface area contributed by atoms with Gasteiger partial charge in [0, 0.05) is 24.7 Å². The molecule has 0 amide bonds. The molecule has 92 valence electrons. The number of nitriles is 1. The molecule has 2 aromatic rings. The van der Waals surface area contributed by atoms with Crippen LogP contribution in [0.1, 0.15) is 5.56 Å². The lowest BCUT2D eigenvalue weighted by molar-refractivity contribution is 0.952. The van der Waals surface area contributed by atoms with Gasteiger partial charge in [-0.05, 0) is 18.4 Å². The number of fused-ring (bicyclic) bond motifs is 1. The first kappa shape index (κ1) is 12.7. The maximum Gasteiger partial charge on any atom is 0.130 e. The summed E-state index contributed by atoms with van der Waals surface area (Å²) in [4.78, 5) is 6.69. The zero-order chi connectivity index (χ0) is 13.0. The molecule has 0 fully saturated rings. The van der Waals surface area contributed by atoms with Gasteiger partial charge in [-0.2, -0.15) is 17.0 Å². The first-order valence-corrected chi connectivity index (χ1v) is 7.15. The lowest BCUT2D eigenvalue weighted by Crippen LogP contribution is -2.21. The van der Waals surface area contributed by atoms with Crippen molar-refractivity contribution in [1.29, 1.82) is 5.26 Å². The fourth-order valence-corrected chi connectivity index (χ4v) is 2.25. The summed E-state index contributed by atoms with van der Waals surface area (Å²) in [5, 5.41) is 10.1. The molecule has 0 radical (unpaired) electrons. The minimum absolute atomic E-state index is 0.687. The normalized spacial score (nSPS) is 10.3. The molecule has 0 unspecified atom stereocenters. The Labute approximate surface area is 111 Å². The number of benzene rings is 1. The molecule has 0 atom stereocenters. The van der Waals surface area contributed by atoms with Gasteiger partial charge in [0.25, 0.3) is 0 Å². The number of pyridine rings is 1. The van der Waals surface area contributed by atoms with E-state index in [2.05, 4.69) is 22.2 Å². The molecule has 0 spiro atoms. The van der Waals surface area contributed by atoms with Crippen molar-refractivity contribution in [3.8, 4) is 6.07 Å². The van der Waals surface area contributed by atoms with Crippen molar-refractivity contribution in [2.24, 2.45) is 0 Å². The van der Waals surface area contributed by atoms with E-state index in [1.165, 1.54) is 0 Å². The average molecular weight is 257 g/mol. The van der Waals surface area contributed by atoms with Crippen LogP contribution < -0.4 is 4.90 Å². The van der Waals surface area contributed by atoms with Crippen LogP contribution in [0, 0.1) is 11.3 Å². The van der Waals surface area contributed by atoms with Gasteiger partial charge in [-0.1, -0.05) is 18.2 Å². The highest BCUT2D eigenvalue weighted by Gasteiger charge is 2.08. The maximum atomic E-state index is 9.22. The Kier molecular flexibility index (Phi) is 4.06. The Morgan fingerprint density at radius 2 is 2.17 bits per heavy atom. The summed E-state index contributed by atoms with van der Waals surface area (Å²) >= 11 is 1.80. The highest BCUT2D eigenvalue weighted by atomic mass is 32.2. The molecule has 0 bridgehead atoms. The first-order chi connectivity index (χ1) is 8.76. The molecule has 2 rings (SSSR count). The summed E-state index contributed by atoms with van der Waals surface area (Å²) < 4.78 is 0. The third-order valence-electron chi connectivity index (χ3n) is 2.85. The molecule has 0 N–H and O–H groups in total. The van der Waals surface area contributed by atoms with Gasteiger partial charge in [-0.15, -0.1) is 0 Å². The minimum Gasteiger partial charge on any atom is -0.359 e. The molecule has 1 aromatic heterocycles. The van der Waals surface area contributed by atoms with E-state index in [4.69, 9.17) is 0 Å². The molecule has 1 aromatic carbocycles. The van der Waals surface area contributed by atoms with Crippen LogP contribution in [-0.4, -0.2) is 30.6 Å². The summed E-state index contributed by atoms with van der Waals surface area (Å²) in [7, 11) is 2.01. The van der Waals surface area contributed by atoms with Gasteiger partial charge < -0.3 is 4.90 Å². The molecular weight excluding hydrogens is 242 g/mol. The molecule has 3 nitrogen and oxygen atoms in total. The van der Waals surface area contributed by atoms with Crippen molar-refractivity contribution in [3.63, 3.8) is 0 Å². The average Bonchev–Trinajstić information content (AvgIpc) is 2.43. The van der Waals surface area contributed by atoms with E-state index in [0.717, 1.165) is 29.0 Å². The van der Waals surface area contributed by atoms with Crippen molar-refractivity contribution in [2.75, 3.05) is 30.5 Å². The number of anilines is 1. The topological polar surface area (TPSA) is 39.9 Å². The number of para-hydroxylation sites is 1. The van der Waals surface area contributed by atoms with Crippen LogP contribution in [0.2, 0.25) is 0 Å². The largest absolute Gasteiger partial charge is 0.359 e. The predicted octanol–water partition coefficient (Wildman–Crippen LogP) is 2.91. The zero-order valence-corrected chi connectivity index (χ0v) is 11.4. The highest BCUT2D eigenvalue weighted by molar-refractivity contribution is 7.98. The van der Waals surface area contributed by atoms with Crippen LogP contribution in [-0.2, 0) is 0 Å². The fraction of sp³-hybridized carbons (Fsp3) is 0.286. The molecule has 4 heteroatoms. The Hall–Kier alpha value is -1.73. The van der Waals surface area contributed by atoms with Gasteiger partial charge in [0.1, 0.15) is 5.82 Å². The van der Waals surface area contributed by atoms with Gasteiger partial charge in [0.15, 0.2) is 0 Å². The molecule has 1 heterocycles. The number of nitrogens with zero attached hydrogens (tertiary/aromatic N) is 3. The van der Waals surface area contributed by atoms with E-state index in [-0.39, 0.29) is 0 Å². The van der Waals surface area contributed by atoms with Crippen LogP contribution in [0.15, 0.2) is 30.3 Å². The molecule has 0 saturated heterocycles. The molecule has 0 saturated carbocycles. The summed E-state index contributed by atoms with van der Waals surface area (Å²) in [6, 6.07) is 11.9. The van der Waals surface area contributed by atoms with Gasteiger partial charge in [-0.25, -0.2) is 4.98 Å². The van der Waals surface area contributed by atoms with E-state index in [1.54, 1.807) is 11.8 Å². The lowest BCUT2D eigenvalue weighted by Gasteiger charge is -2.18. The van der Waals surface area contributed by atoms with E-state index in [0.29, 0.717) is 5.56 Å². The standard InChI is InChI=1S/C14H15N3S/c1-17(7-8-18-2)14-9-11(10-15)12-5-3-4-6-13(12)16-14/h3-6,9H,7-8H2,1-2H3. The van der Waals surface area contributed by atoms with Crippen LogP contribution in [0.25, 0.3) is 10.9 Å². The minimum atomic E-state index is 0.687. The third-order valence-corrected chi connectivity index (χ3v) is 3.44. The van der Waals surface area contributed by atoms with Gasteiger partial charge in [0.05, 0.1) is 17.1 Å². The highest BCUT2D eigenvalue weighted by Crippen LogP contribution is 2.21. The van der Waals surface area contributed by atoms with Crippen molar-refractivity contribution in [2.45, 2.75) is 0 Å². The molecule has 0 aliphatic heterocycles. The predicted molar refractivity (Wildman–Crippen MR) is 78.1 cm³/mol. The molecular formula is C14H15N3S. The number of aromatic nitrogens is 1. The lowest BCUT2D eigenvalue weighted by atomic mass is 10.1. The van der Waals surface area contributed by atoms with Crippen molar-refractivity contribution >= 4 is 28.5 Å². The summed E-state index contributed by atoms with van der Waals surface area (Å²) in [5.41, 5.74) is 1.56. The zero-order valence-electron chi connectivity index (χ0n) is 10.6. The third kappa shape index (κ3) is 2.57. The SMILES string of the molecule is CSCCN(C)c1cc(C#N)c2ccccc2n1. The van der Waals surface area contributed by atoms with Crippen molar-refractivity contribution in [1.82, 2.24) is 4.98 Å². The van der Waals surface area contributed by atoms with Crippen LogP contribution in [0.5, 0.6) is 0 Å². The van der Waals surface area contributed by atoms with E-state index < -0.39 is 0 Å². The molecule has 18 heavy (non-hydrogen) atoms. The Balaban J connectivity index is 2.44. The monoisotopic (exact) mass is 257 g/mol. The van der Waals surface area contributed by atoms with Gasteiger partial charge >= 0.3 is 0 Å². The van der Waals surface area contributed by atoms with E-state index in [1.807, 2.05) is 37.4 Å². The fourth-order valence-electron chi connectivity index (χ4n) is 1.79. The summed E-state index contributed by atoms with van der Waals surface area (Å²) in [6.07, 6.45) is 2.09. The maximum absolute atomic E-state index is 9.22. The Bertz CT molecular complexity index is 589. The second-order valence-electron chi connectivity index (χ2n) is 4.07. The molecule has 0 aliphatic rings. The quantitative estimate of drug-likeness (QED) is 0.844. The summed E-state index contributed by atoms with van der Waals surface area (Å²) in [5.74, 6) is 1.91. The Morgan fingerprint density at radius 1 is 1.39 bits per heavy atom. The smallest absolute Gasteiger partial charge is 0.130 e. The summed E-state index contributed by atoms with van der Waals surface area (Å²) in [6.45, 7) is 0.928. The number of rotatable bonds is 4. The van der Waals surface area contributed by atoms with Crippen LogP contribution >= 0.6 is 11.8 Å². The first-order valence-electron chi connectivity index (χ1n) is 5.76. The van der Waals surface area contributed by atoms with Crippen molar-refractivity contribution in [3.05, 3.63) is 35.9 Å². The van der Waals surface area contributed by atoms with Crippen LogP contribution in [0.4, 0.5) is 5.82 Å². The van der Waals surface area contributed by atoms with Gasteiger partial charge in [-0.3, -0.25) is 0 Å². The van der Waals surface area contributed by atoms with E-state index in [9.17, 15) is 5.26 Å². The number of hydrogen-bond acceptors (Lipinski definition) is 4. The Morgan fingerprint density at radius 3 is 2.89 bits per heavy atom. The van der Waals surface area contributed by atoms with Crippen LogP contribution in [0.3, 0.4) is 0 Å².